The van der Waals surface area contributed by atoms with Crippen LogP contribution < -0.4 is 4.74 Å². The summed E-state index contributed by atoms with van der Waals surface area (Å²) in [6.45, 7) is 12.6. The van der Waals surface area contributed by atoms with Gasteiger partial charge in [0.25, 0.3) is 0 Å². The number of aliphatic hydroxyl groups is 3. The lowest BCUT2D eigenvalue weighted by Crippen LogP contribution is -2.58. The first-order chi connectivity index (χ1) is 17.2. The highest BCUT2D eigenvalue weighted by Crippen LogP contribution is 2.68. The van der Waals surface area contributed by atoms with Crippen LogP contribution >= 0.6 is 0 Å². The van der Waals surface area contributed by atoms with E-state index < -0.39 is 5.60 Å². The standard InChI is InChI=1S/C31H47NO4/c1-5-32(6-2)17-18-36-24-9-7-21(8-10-24)31(35)20-22-19-23(33)13-15-29(22,3)26-14-16-30(4)25(28(26)31)11-12-27(30)34/h7-10,20,23,25-28,33-35H,5-6,11-19H2,1-4H3/t23-,25-,26-,27-,28-,29-,30-,31+/m0/s1. The van der Waals surface area contributed by atoms with Crippen molar-refractivity contribution in [2.75, 3.05) is 26.2 Å². The zero-order valence-electron chi connectivity index (χ0n) is 22.7. The molecule has 0 amide bonds. The predicted octanol–water partition coefficient (Wildman–Crippen LogP) is 4.89. The van der Waals surface area contributed by atoms with E-state index in [2.05, 4.69) is 38.7 Å². The molecule has 0 aromatic heterocycles. The molecule has 3 N–H and O–H groups in total. The lowest BCUT2D eigenvalue weighted by molar-refractivity contribution is -0.148. The number of nitrogens with zero attached hydrogens (tertiary/aromatic N) is 1. The Bertz CT molecular complexity index is 958. The van der Waals surface area contributed by atoms with Crippen molar-refractivity contribution in [2.45, 2.75) is 90.4 Å². The summed E-state index contributed by atoms with van der Waals surface area (Å²) in [6.07, 6.45) is 7.80. The monoisotopic (exact) mass is 497 g/mol. The van der Waals surface area contributed by atoms with Gasteiger partial charge in [0.1, 0.15) is 18.0 Å². The first kappa shape index (κ1) is 26.2. The second kappa shape index (κ2) is 9.72. The molecule has 1 aromatic rings. The van der Waals surface area contributed by atoms with Gasteiger partial charge in [-0.15, -0.1) is 0 Å². The van der Waals surface area contributed by atoms with Crippen LogP contribution in [0, 0.1) is 28.6 Å². The lowest BCUT2D eigenvalue weighted by atomic mass is 9.44. The third-order valence-electron chi connectivity index (χ3n) is 11.0. The Balaban J connectivity index is 1.48. The molecule has 4 aliphatic carbocycles. The van der Waals surface area contributed by atoms with E-state index in [1.807, 2.05) is 24.3 Å². The van der Waals surface area contributed by atoms with Gasteiger partial charge in [-0.05, 0) is 104 Å². The fourth-order valence-electron chi connectivity index (χ4n) is 8.59. The van der Waals surface area contributed by atoms with Gasteiger partial charge in [-0.2, -0.15) is 0 Å². The molecule has 0 spiro atoms. The van der Waals surface area contributed by atoms with E-state index in [0.29, 0.717) is 18.9 Å². The number of hydrogen-bond donors (Lipinski definition) is 3. The number of benzene rings is 1. The minimum absolute atomic E-state index is 0.0124. The molecule has 0 saturated heterocycles. The molecule has 5 heteroatoms. The molecule has 3 saturated carbocycles. The van der Waals surface area contributed by atoms with Crippen LogP contribution in [-0.2, 0) is 5.60 Å². The van der Waals surface area contributed by atoms with E-state index in [-0.39, 0.29) is 34.9 Å². The summed E-state index contributed by atoms with van der Waals surface area (Å²) in [5.74, 6) is 1.52. The van der Waals surface area contributed by atoms with E-state index in [9.17, 15) is 15.3 Å². The largest absolute Gasteiger partial charge is 0.492 e. The molecule has 200 valence electrons. The summed E-state index contributed by atoms with van der Waals surface area (Å²) in [5, 5.41) is 34.2. The average molecular weight is 498 g/mol. The summed E-state index contributed by atoms with van der Waals surface area (Å²) in [5.41, 5.74) is 0.907. The fraction of sp³-hybridized carbons (Fsp3) is 0.742. The van der Waals surface area contributed by atoms with E-state index in [1.165, 1.54) is 5.57 Å². The van der Waals surface area contributed by atoms with Crippen LogP contribution in [0.25, 0.3) is 0 Å². The Labute approximate surface area is 217 Å². The highest BCUT2D eigenvalue weighted by atomic mass is 16.5. The molecule has 0 radical (unpaired) electrons. The van der Waals surface area contributed by atoms with Crippen molar-refractivity contribution in [2.24, 2.45) is 28.6 Å². The molecular weight excluding hydrogens is 450 g/mol. The molecule has 4 aliphatic rings. The highest BCUT2D eigenvalue weighted by molar-refractivity contribution is 5.41. The lowest BCUT2D eigenvalue weighted by Gasteiger charge is -2.62. The number of fused-ring (bicyclic) bond motifs is 5. The van der Waals surface area contributed by atoms with Crippen LogP contribution in [0.15, 0.2) is 35.9 Å². The Hall–Kier alpha value is -1.40. The number of rotatable bonds is 7. The molecule has 0 aliphatic heterocycles. The topological polar surface area (TPSA) is 73.2 Å². The van der Waals surface area contributed by atoms with Gasteiger partial charge in [-0.3, -0.25) is 0 Å². The van der Waals surface area contributed by atoms with Crippen molar-refractivity contribution >= 4 is 0 Å². The Kier molecular flexibility index (Phi) is 7.08. The van der Waals surface area contributed by atoms with Crippen molar-refractivity contribution in [3.63, 3.8) is 0 Å². The van der Waals surface area contributed by atoms with Crippen LogP contribution in [0.3, 0.4) is 0 Å². The van der Waals surface area contributed by atoms with Crippen LogP contribution in [-0.4, -0.2) is 58.7 Å². The minimum atomic E-state index is -1.10. The van der Waals surface area contributed by atoms with E-state index in [4.69, 9.17) is 4.74 Å². The third-order valence-corrected chi connectivity index (χ3v) is 11.0. The van der Waals surface area contributed by atoms with Crippen molar-refractivity contribution < 1.29 is 20.1 Å². The second-order valence-corrected chi connectivity index (χ2v) is 12.6. The molecule has 0 heterocycles. The van der Waals surface area contributed by atoms with Crippen molar-refractivity contribution in [1.29, 1.82) is 0 Å². The third kappa shape index (κ3) is 4.15. The Morgan fingerprint density at radius 3 is 2.36 bits per heavy atom. The highest BCUT2D eigenvalue weighted by Gasteiger charge is 2.64. The van der Waals surface area contributed by atoms with Gasteiger partial charge in [0, 0.05) is 12.5 Å². The summed E-state index contributed by atoms with van der Waals surface area (Å²) >= 11 is 0. The summed E-state index contributed by atoms with van der Waals surface area (Å²) in [7, 11) is 0. The van der Waals surface area contributed by atoms with Crippen molar-refractivity contribution in [3.05, 3.63) is 41.5 Å². The first-order valence-electron chi connectivity index (χ1n) is 14.4. The second-order valence-electron chi connectivity index (χ2n) is 12.6. The molecule has 5 nitrogen and oxygen atoms in total. The molecule has 0 bridgehead atoms. The van der Waals surface area contributed by atoms with Gasteiger partial charge in [-0.1, -0.05) is 45.4 Å². The molecule has 8 atom stereocenters. The summed E-state index contributed by atoms with van der Waals surface area (Å²) in [6, 6.07) is 8.08. The number of ether oxygens (including phenoxy) is 1. The number of hydrogen-bond acceptors (Lipinski definition) is 5. The van der Waals surface area contributed by atoms with Gasteiger partial charge in [0.2, 0.25) is 0 Å². The van der Waals surface area contributed by atoms with E-state index in [1.54, 1.807) is 0 Å². The zero-order valence-corrected chi connectivity index (χ0v) is 22.7. The predicted molar refractivity (Wildman–Crippen MR) is 143 cm³/mol. The minimum Gasteiger partial charge on any atom is -0.492 e. The summed E-state index contributed by atoms with van der Waals surface area (Å²) in [4.78, 5) is 2.34. The van der Waals surface area contributed by atoms with Crippen molar-refractivity contribution in [3.8, 4) is 5.75 Å². The van der Waals surface area contributed by atoms with Crippen LogP contribution in [0.2, 0.25) is 0 Å². The van der Waals surface area contributed by atoms with Gasteiger partial charge in [-0.25, -0.2) is 0 Å². The van der Waals surface area contributed by atoms with Gasteiger partial charge >= 0.3 is 0 Å². The molecule has 36 heavy (non-hydrogen) atoms. The maximum Gasteiger partial charge on any atom is 0.119 e. The smallest absolute Gasteiger partial charge is 0.119 e. The van der Waals surface area contributed by atoms with Crippen molar-refractivity contribution in [1.82, 2.24) is 4.90 Å². The van der Waals surface area contributed by atoms with E-state index in [0.717, 1.165) is 69.5 Å². The van der Waals surface area contributed by atoms with Gasteiger partial charge < -0.3 is 25.0 Å². The molecular formula is C31H47NO4. The Morgan fingerprint density at radius 2 is 1.67 bits per heavy atom. The fourth-order valence-corrected chi connectivity index (χ4v) is 8.59. The maximum absolute atomic E-state index is 12.6. The average Bonchev–Trinajstić information content (AvgIpc) is 3.17. The van der Waals surface area contributed by atoms with Crippen LogP contribution in [0.5, 0.6) is 5.75 Å². The first-order valence-corrected chi connectivity index (χ1v) is 14.4. The molecule has 1 aromatic carbocycles. The van der Waals surface area contributed by atoms with Gasteiger partial charge in [0.05, 0.1) is 12.2 Å². The molecule has 3 fully saturated rings. The molecule has 0 unspecified atom stereocenters. The van der Waals surface area contributed by atoms with Crippen LogP contribution in [0.4, 0.5) is 0 Å². The SMILES string of the molecule is CCN(CC)CCOc1ccc([C@]2(O)C=C3C[C@@H](O)CC[C@]3(C)[C@H]3CC[C@]4(C)[C@@H](O)CC[C@H]4[C@@H]32)cc1. The Morgan fingerprint density at radius 1 is 0.944 bits per heavy atom. The molecule has 5 rings (SSSR count). The van der Waals surface area contributed by atoms with Gasteiger partial charge in [0.15, 0.2) is 0 Å². The zero-order chi connectivity index (χ0) is 25.7. The number of likely N-dealkylation sites (N-methyl/N-ethyl adjacent to an activating group) is 1. The quantitative estimate of drug-likeness (QED) is 0.468. The maximum atomic E-state index is 12.6. The summed E-state index contributed by atoms with van der Waals surface area (Å²) < 4.78 is 6.03. The van der Waals surface area contributed by atoms with E-state index >= 15 is 0 Å². The van der Waals surface area contributed by atoms with Crippen LogP contribution in [0.1, 0.15) is 78.2 Å². The normalized spacial score (nSPS) is 41.9. The number of aliphatic hydroxyl groups excluding tert-OH is 2.